The van der Waals surface area contributed by atoms with E-state index in [9.17, 15) is 17.6 Å². The van der Waals surface area contributed by atoms with Crippen LogP contribution in [0.4, 0.5) is 4.39 Å². The summed E-state index contributed by atoms with van der Waals surface area (Å²) in [5.74, 6) is -1.91. The molecule has 5 nitrogen and oxygen atoms in total. The summed E-state index contributed by atoms with van der Waals surface area (Å²) in [5, 5.41) is 0.0539. The molecule has 0 fully saturated rings. The molecule has 0 aliphatic heterocycles. The molecule has 8 heteroatoms. The molecule has 0 aliphatic carbocycles. The molecule has 0 heterocycles. The molecule has 2 aromatic carbocycles. The predicted octanol–water partition coefficient (Wildman–Crippen LogP) is 2.74. The molecule has 0 saturated carbocycles. The van der Waals surface area contributed by atoms with Crippen LogP contribution in [0.2, 0.25) is 5.02 Å². The van der Waals surface area contributed by atoms with Crippen molar-refractivity contribution in [3.05, 3.63) is 64.4 Å². The van der Waals surface area contributed by atoms with Crippen LogP contribution in [-0.4, -0.2) is 21.4 Å². The number of nitrogens with one attached hydrogen (secondary N) is 1. The van der Waals surface area contributed by atoms with Gasteiger partial charge in [-0.15, -0.1) is 0 Å². The van der Waals surface area contributed by atoms with Crippen LogP contribution in [0.15, 0.2) is 47.4 Å². The average molecular weight is 358 g/mol. The maximum Gasteiger partial charge on any atom is 0.267 e. The Labute approximate surface area is 138 Å². The van der Waals surface area contributed by atoms with Crippen LogP contribution in [-0.2, 0) is 21.4 Å². The number of methoxy groups -OCH3 is 1. The first-order valence-corrected chi connectivity index (χ1v) is 8.30. The Morgan fingerprint density at radius 1 is 1.26 bits per heavy atom. The SMILES string of the molecule is COCc1ccccc1C(=O)NS(=O)(=O)c1ccc(Cl)cc1F. The van der Waals surface area contributed by atoms with Crippen LogP contribution in [0.25, 0.3) is 0 Å². The predicted molar refractivity (Wildman–Crippen MR) is 83.2 cm³/mol. The maximum atomic E-state index is 13.8. The zero-order chi connectivity index (χ0) is 17.0. The molecule has 0 atom stereocenters. The van der Waals surface area contributed by atoms with E-state index in [1.807, 2.05) is 4.72 Å². The first-order valence-electron chi connectivity index (χ1n) is 6.44. The zero-order valence-electron chi connectivity index (χ0n) is 12.0. The number of sulfonamides is 1. The van der Waals surface area contributed by atoms with Gasteiger partial charge in [-0.2, -0.15) is 0 Å². The van der Waals surface area contributed by atoms with Crippen LogP contribution in [0, 0.1) is 5.82 Å². The van der Waals surface area contributed by atoms with Crippen molar-refractivity contribution in [1.29, 1.82) is 0 Å². The minimum absolute atomic E-state index is 0.0539. The van der Waals surface area contributed by atoms with Gasteiger partial charge in [0, 0.05) is 17.7 Å². The molecule has 1 amide bonds. The highest BCUT2D eigenvalue weighted by atomic mass is 35.5. The van der Waals surface area contributed by atoms with Crippen molar-refractivity contribution in [2.24, 2.45) is 0 Å². The number of halogens is 2. The van der Waals surface area contributed by atoms with Crippen molar-refractivity contribution in [2.75, 3.05) is 7.11 Å². The van der Waals surface area contributed by atoms with E-state index in [4.69, 9.17) is 16.3 Å². The lowest BCUT2D eigenvalue weighted by Gasteiger charge is -2.11. The topological polar surface area (TPSA) is 72.5 Å². The van der Waals surface area contributed by atoms with Gasteiger partial charge in [-0.3, -0.25) is 4.79 Å². The van der Waals surface area contributed by atoms with Gasteiger partial charge >= 0.3 is 0 Å². The van der Waals surface area contributed by atoms with Gasteiger partial charge in [0.25, 0.3) is 15.9 Å². The molecular formula is C15H13ClFNO4S. The molecule has 122 valence electrons. The molecule has 2 rings (SSSR count). The van der Waals surface area contributed by atoms with Crippen LogP contribution >= 0.6 is 11.6 Å². The second kappa shape index (κ2) is 7.08. The summed E-state index contributed by atoms with van der Waals surface area (Å²) in [7, 11) is -2.91. The van der Waals surface area contributed by atoms with Crippen LogP contribution in [0.1, 0.15) is 15.9 Å². The normalized spacial score (nSPS) is 11.3. The molecule has 0 aliphatic rings. The lowest BCUT2D eigenvalue weighted by atomic mass is 10.1. The number of amides is 1. The number of carbonyl (C=O) groups is 1. The van der Waals surface area contributed by atoms with Gasteiger partial charge in [-0.05, 0) is 29.8 Å². The minimum atomic E-state index is -4.36. The maximum absolute atomic E-state index is 13.8. The Hall–Kier alpha value is -1.96. The van der Waals surface area contributed by atoms with Gasteiger partial charge < -0.3 is 4.74 Å². The minimum Gasteiger partial charge on any atom is -0.380 e. The fourth-order valence-electron chi connectivity index (χ4n) is 1.95. The first-order chi connectivity index (χ1) is 10.8. The Morgan fingerprint density at radius 3 is 2.61 bits per heavy atom. The molecular weight excluding hydrogens is 345 g/mol. The van der Waals surface area contributed by atoms with Crippen molar-refractivity contribution in [2.45, 2.75) is 11.5 Å². The molecule has 0 saturated heterocycles. The molecule has 0 bridgehead atoms. The molecule has 0 aromatic heterocycles. The third-order valence-corrected chi connectivity index (χ3v) is 4.57. The van der Waals surface area contributed by atoms with E-state index in [-0.39, 0.29) is 17.2 Å². The number of benzene rings is 2. The van der Waals surface area contributed by atoms with Crippen molar-refractivity contribution in [1.82, 2.24) is 4.72 Å². The summed E-state index contributed by atoms with van der Waals surface area (Å²) in [6.07, 6.45) is 0. The number of hydrogen-bond acceptors (Lipinski definition) is 4. The highest BCUT2D eigenvalue weighted by Crippen LogP contribution is 2.19. The van der Waals surface area contributed by atoms with Crippen LogP contribution < -0.4 is 4.72 Å². The molecule has 23 heavy (non-hydrogen) atoms. The van der Waals surface area contributed by atoms with Gasteiger partial charge in [0.15, 0.2) is 0 Å². The number of ether oxygens (including phenoxy) is 1. The monoisotopic (exact) mass is 357 g/mol. The summed E-state index contributed by atoms with van der Waals surface area (Å²) >= 11 is 5.59. The summed E-state index contributed by atoms with van der Waals surface area (Å²) in [6.45, 7) is 0.138. The lowest BCUT2D eigenvalue weighted by molar-refractivity contribution is 0.0976. The van der Waals surface area contributed by atoms with E-state index >= 15 is 0 Å². The number of carbonyl (C=O) groups excluding carboxylic acids is 1. The molecule has 0 radical (unpaired) electrons. The average Bonchev–Trinajstić information content (AvgIpc) is 2.47. The van der Waals surface area contributed by atoms with Crippen molar-refractivity contribution in [3.63, 3.8) is 0 Å². The largest absolute Gasteiger partial charge is 0.380 e. The fourth-order valence-corrected chi connectivity index (χ4v) is 3.13. The van der Waals surface area contributed by atoms with E-state index in [1.54, 1.807) is 18.2 Å². The Morgan fingerprint density at radius 2 is 1.96 bits per heavy atom. The van der Waals surface area contributed by atoms with Crippen molar-refractivity contribution >= 4 is 27.5 Å². The lowest BCUT2D eigenvalue weighted by Crippen LogP contribution is -2.31. The summed E-state index contributed by atoms with van der Waals surface area (Å²) < 4.78 is 44.9. The van der Waals surface area contributed by atoms with Gasteiger partial charge in [0.1, 0.15) is 10.7 Å². The number of rotatable bonds is 5. The van der Waals surface area contributed by atoms with E-state index in [0.29, 0.717) is 5.56 Å². The number of hydrogen-bond donors (Lipinski definition) is 1. The molecule has 0 unspecified atom stereocenters. The zero-order valence-corrected chi connectivity index (χ0v) is 13.6. The van der Waals surface area contributed by atoms with Gasteiger partial charge in [-0.1, -0.05) is 29.8 Å². The third kappa shape index (κ3) is 4.07. The summed E-state index contributed by atoms with van der Waals surface area (Å²) in [4.78, 5) is 11.6. The second-order valence-electron chi connectivity index (χ2n) is 4.60. The fraction of sp³-hybridized carbons (Fsp3) is 0.133. The smallest absolute Gasteiger partial charge is 0.267 e. The Bertz CT molecular complexity index is 839. The van der Waals surface area contributed by atoms with Crippen molar-refractivity contribution < 1.29 is 22.3 Å². The molecule has 2 aromatic rings. The van der Waals surface area contributed by atoms with Gasteiger partial charge in [0.2, 0.25) is 0 Å². The van der Waals surface area contributed by atoms with E-state index < -0.39 is 26.6 Å². The van der Waals surface area contributed by atoms with Crippen LogP contribution in [0.5, 0.6) is 0 Å². The summed E-state index contributed by atoms with van der Waals surface area (Å²) in [5.41, 5.74) is 0.645. The molecule has 1 N–H and O–H groups in total. The standard InChI is InChI=1S/C15H13ClFNO4S/c1-22-9-10-4-2-3-5-12(10)15(19)18-23(20,21)14-7-6-11(16)8-13(14)17/h2-8H,9H2,1H3,(H,18,19). The van der Waals surface area contributed by atoms with E-state index in [1.165, 1.54) is 19.2 Å². The second-order valence-corrected chi connectivity index (χ2v) is 6.69. The Balaban J connectivity index is 2.32. The van der Waals surface area contributed by atoms with Gasteiger partial charge in [-0.25, -0.2) is 17.5 Å². The summed E-state index contributed by atoms with van der Waals surface area (Å²) in [6, 6.07) is 9.45. The Kier molecular flexibility index (Phi) is 5.35. The quantitative estimate of drug-likeness (QED) is 0.893. The van der Waals surface area contributed by atoms with E-state index in [2.05, 4.69) is 0 Å². The highest BCUT2D eigenvalue weighted by Gasteiger charge is 2.23. The first kappa shape index (κ1) is 17.4. The van der Waals surface area contributed by atoms with Crippen LogP contribution in [0.3, 0.4) is 0 Å². The molecule has 0 spiro atoms. The van der Waals surface area contributed by atoms with Gasteiger partial charge in [0.05, 0.1) is 6.61 Å². The van der Waals surface area contributed by atoms with E-state index in [0.717, 1.165) is 12.1 Å². The van der Waals surface area contributed by atoms with Crippen molar-refractivity contribution in [3.8, 4) is 0 Å². The highest BCUT2D eigenvalue weighted by molar-refractivity contribution is 7.90. The third-order valence-electron chi connectivity index (χ3n) is 2.97.